The zero-order valence-corrected chi connectivity index (χ0v) is 12.1. The number of carbonyl (C=O) groups excluding carboxylic acids is 1. The van der Waals surface area contributed by atoms with E-state index < -0.39 is 0 Å². The normalized spacial score (nSPS) is 18.7. The minimum absolute atomic E-state index is 0.0377. The molecular weight excluding hydrogens is 296 g/mol. The number of phenols is 1. The first-order valence-corrected chi connectivity index (χ1v) is 6.72. The minimum atomic E-state index is -0.210. The number of carbonyl (C=O) groups is 1. The van der Waals surface area contributed by atoms with Crippen LogP contribution in [0.3, 0.4) is 0 Å². The smallest absolute Gasteiger partial charge is 0.254 e. The number of benzene rings is 1. The molecule has 0 bridgehead atoms. The van der Waals surface area contributed by atoms with Crippen molar-refractivity contribution in [3.05, 3.63) is 28.2 Å². The average molecular weight is 313 g/mol. The van der Waals surface area contributed by atoms with E-state index in [2.05, 4.69) is 21.2 Å². The van der Waals surface area contributed by atoms with Crippen molar-refractivity contribution in [1.29, 1.82) is 0 Å². The molecule has 1 aliphatic rings. The fourth-order valence-electron chi connectivity index (χ4n) is 2.16. The molecule has 0 saturated carbocycles. The lowest BCUT2D eigenvalue weighted by Gasteiger charge is -2.42. The van der Waals surface area contributed by atoms with Crippen molar-refractivity contribution in [1.82, 2.24) is 10.2 Å². The molecule has 1 aliphatic heterocycles. The molecule has 18 heavy (non-hydrogen) atoms. The topological polar surface area (TPSA) is 52.6 Å². The van der Waals surface area contributed by atoms with Crippen molar-refractivity contribution in [3.63, 3.8) is 0 Å². The lowest BCUT2D eigenvalue weighted by molar-refractivity contribution is 0.0477. The first-order valence-electron chi connectivity index (χ1n) is 5.93. The van der Waals surface area contributed by atoms with Gasteiger partial charge in [-0.15, -0.1) is 0 Å². The van der Waals surface area contributed by atoms with Crippen LogP contribution in [0.5, 0.6) is 5.75 Å². The van der Waals surface area contributed by atoms with E-state index in [1.807, 2.05) is 18.7 Å². The van der Waals surface area contributed by atoms with E-state index in [0.29, 0.717) is 16.6 Å². The van der Waals surface area contributed by atoms with E-state index in [1.165, 1.54) is 6.07 Å². The van der Waals surface area contributed by atoms with Gasteiger partial charge in [0.05, 0.1) is 10.0 Å². The highest BCUT2D eigenvalue weighted by Gasteiger charge is 2.33. The van der Waals surface area contributed by atoms with Crippen LogP contribution in [0.2, 0.25) is 0 Å². The monoisotopic (exact) mass is 312 g/mol. The Kier molecular flexibility index (Phi) is 3.64. The summed E-state index contributed by atoms with van der Waals surface area (Å²) >= 11 is 3.21. The molecule has 1 heterocycles. The summed E-state index contributed by atoms with van der Waals surface area (Å²) in [6.07, 6.45) is 0. The van der Waals surface area contributed by atoms with E-state index in [1.54, 1.807) is 12.1 Å². The number of piperazine rings is 1. The third-order valence-corrected chi connectivity index (χ3v) is 3.91. The molecule has 0 aromatic heterocycles. The van der Waals surface area contributed by atoms with E-state index in [9.17, 15) is 9.90 Å². The van der Waals surface area contributed by atoms with E-state index in [4.69, 9.17) is 0 Å². The Hall–Kier alpha value is -1.07. The fraction of sp³-hybridized carbons (Fsp3) is 0.462. The Morgan fingerprint density at radius 2 is 2.22 bits per heavy atom. The number of aromatic hydroxyl groups is 1. The number of halogens is 1. The zero-order valence-electron chi connectivity index (χ0n) is 10.5. The highest BCUT2D eigenvalue weighted by Crippen LogP contribution is 2.26. The zero-order chi connectivity index (χ0) is 13.3. The van der Waals surface area contributed by atoms with Gasteiger partial charge in [0.25, 0.3) is 5.91 Å². The van der Waals surface area contributed by atoms with E-state index >= 15 is 0 Å². The van der Waals surface area contributed by atoms with Gasteiger partial charge >= 0.3 is 0 Å². The summed E-state index contributed by atoms with van der Waals surface area (Å²) in [5, 5.41) is 12.9. The van der Waals surface area contributed by atoms with Gasteiger partial charge in [-0.05, 0) is 48.0 Å². The van der Waals surface area contributed by atoms with Gasteiger partial charge in [0.2, 0.25) is 0 Å². The predicted octanol–water partition coefficient (Wildman–Crippen LogP) is 1.98. The number of rotatable bonds is 1. The van der Waals surface area contributed by atoms with Gasteiger partial charge in [-0.2, -0.15) is 0 Å². The molecule has 1 amide bonds. The van der Waals surface area contributed by atoms with Crippen molar-refractivity contribution < 1.29 is 9.90 Å². The molecule has 1 aromatic rings. The largest absolute Gasteiger partial charge is 0.507 e. The molecule has 5 heteroatoms. The van der Waals surface area contributed by atoms with Crippen molar-refractivity contribution in [2.45, 2.75) is 19.4 Å². The molecule has 4 nitrogen and oxygen atoms in total. The number of hydrogen-bond donors (Lipinski definition) is 2. The molecular formula is C13H17BrN2O2. The molecule has 1 fully saturated rings. The second-order valence-corrected chi connectivity index (χ2v) is 5.97. The molecule has 98 valence electrons. The fourth-order valence-corrected chi connectivity index (χ4v) is 2.41. The Balaban J connectivity index is 2.27. The number of nitrogens with zero attached hydrogens (tertiary/aromatic N) is 1. The lowest BCUT2D eigenvalue weighted by Crippen LogP contribution is -2.59. The summed E-state index contributed by atoms with van der Waals surface area (Å²) < 4.78 is 0.596. The van der Waals surface area contributed by atoms with E-state index in [0.717, 1.165) is 13.1 Å². The summed E-state index contributed by atoms with van der Waals surface area (Å²) in [5.41, 5.74) is 0.309. The number of hydrogen-bond acceptors (Lipinski definition) is 3. The van der Waals surface area contributed by atoms with Crippen LogP contribution in [0, 0.1) is 0 Å². The first-order chi connectivity index (χ1) is 8.42. The summed E-state index contributed by atoms with van der Waals surface area (Å²) in [5.74, 6) is 0.0538. The van der Waals surface area contributed by atoms with Gasteiger partial charge in [0, 0.05) is 25.2 Å². The number of amides is 1. The lowest BCUT2D eigenvalue weighted by atomic mass is 9.98. The van der Waals surface area contributed by atoms with E-state index in [-0.39, 0.29) is 17.2 Å². The van der Waals surface area contributed by atoms with Crippen LogP contribution in [0.1, 0.15) is 24.2 Å². The molecule has 0 unspecified atom stereocenters. The van der Waals surface area contributed by atoms with Gasteiger partial charge in [0.1, 0.15) is 5.75 Å². The highest BCUT2D eigenvalue weighted by atomic mass is 79.9. The van der Waals surface area contributed by atoms with Crippen LogP contribution in [0.4, 0.5) is 0 Å². The quantitative estimate of drug-likeness (QED) is 0.833. The minimum Gasteiger partial charge on any atom is -0.507 e. The SMILES string of the molecule is CC1(C)CNCCN1C(=O)c1ccc(Br)c(O)c1. The van der Waals surface area contributed by atoms with Gasteiger partial charge in [-0.3, -0.25) is 4.79 Å². The summed E-state index contributed by atoms with van der Waals surface area (Å²) in [6.45, 7) is 6.34. The van der Waals surface area contributed by atoms with Gasteiger partial charge in [-0.25, -0.2) is 0 Å². The third-order valence-electron chi connectivity index (χ3n) is 3.24. The van der Waals surface area contributed by atoms with Crippen molar-refractivity contribution >= 4 is 21.8 Å². The maximum atomic E-state index is 12.5. The van der Waals surface area contributed by atoms with Crippen LogP contribution < -0.4 is 5.32 Å². The maximum Gasteiger partial charge on any atom is 0.254 e. The summed E-state index contributed by atoms with van der Waals surface area (Å²) in [6, 6.07) is 4.92. The van der Waals surface area contributed by atoms with Crippen molar-refractivity contribution in [2.75, 3.05) is 19.6 Å². The molecule has 1 saturated heterocycles. The van der Waals surface area contributed by atoms with Crippen LogP contribution in [-0.4, -0.2) is 41.1 Å². The predicted molar refractivity (Wildman–Crippen MR) is 73.8 cm³/mol. The average Bonchev–Trinajstić information content (AvgIpc) is 2.31. The Bertz CT molecular complexity index is 474. The Labute approximate surface area is 115 Å². The highest BCUT2D eigenvalue weighted by molar-refractivity contribution is 9.10. The molecule has 0 aliphatic carbocycles. The summed E-state index contributed by atoms with van der Waals surface area (Å²) in [7, 11) is 0. The maximum absolute atomic E-state index is 12.5. The van der Waals surface area contributed by atoms with Crippen LogP contribution in [0.25, 0.3) is 0 Å². The van der Waals surface area contributed by atoms with Crippen LogP contribution in [-0.2, 0) is 0 Å². The number of phenolic OH excluding ortho intramolecular Hbond substituents is 1. The van der Waals surface area contributed by atoms with Crippen molar-refractivity contribution in [2.24, 2.45) is 0 Å². The second kappa shape index (κ2) is 4.90. The first kappa shape index (κ1) is 13.4. The Morgan fingerprint density at radius 3 is 2.83 bits per heavy atom. The van der Waals surface area contributed by atoms with Gasteiger partial charge in [0.15, 0.2) is 0 Å². The second-order valence-electron chi connectivity index (χ2n) is 5.11. The molecule has 1 aromatic carbocycles. The molecule has 2 rings (SSSR count). The molecule has 0 atom stereocenters. The summed E-state index contributed by atoms with van der Waals surface area (Å²) in [4.78, 5) is 14.3. The third kappa shape index (κ3) is 2.52. The standard InChI is InChI=1S/C13H17BrN2O2/c1-13(2)8-15-5-6-16(13)12(18)9-3-4-10(14)11(17)7-9/h3-4,7,15,17H,5-6,8H2,1-2H3. The van der Waals surface area contributed by atoms with Crippen LogP contribution >= 0.6 is 15.9 Å². The van der Waals surface area contributed by atoms with Gasteiger partial charge < -0.3 is 15.3 Å². The molecule has 0 spiro atoms. The van der Waals surface area contributed by atoms with Crippen molar-refractivity contribution in [3.8, 4) is 5.75 Å². The van der Waals surface area contributed by atoms with Crippen LogP contribution in [0.15, 0.2) is 22.7 Å². The molecule has 0 radical (unpaired) electrons. The Morgan fingerprint density at radius 1 is 1.50 bits per heavy atom. The molecule has 2 N–H and O–H groups in total. The number of nitrogens with one attached hydrogen (secondary N) is 1. The van der Waals surface area contributed by atoms with Gasteiger partial charge in [-0.1, -0.05) is 0 Å².